The third-order valence-corrected chi connectivity index (χ3v) is 5.49. The maximum atomic E-state index is 12.5. The maximum absolute atomic E-state index is 12.5. The lowest BCUT2D eigenvalue weighted by molar-refractivity contribution is -1.02. The van der Waals surface area contributed by atoms with Gasteiger partial charge in [-0.1, -0.05) is 54.1 Å². The Hall–Kier alpha value is -1.88. The molecule has 4 nitrogen and oxygen atoms in total. The lowest BCUT2D eigenvalue weighted by Crippen LogP contribution is -3.29. The molecular weight excluding hydrogens is 346 g/mol. The highest BCUT2D eigenvalue weighted by Gasteiger charge is 2.30. The van der Waals surface area contributed by atoms with Crippen LogP contribution in [0.3, 0.4) is 0 Å². The fraction of sp³-hybridized carbons (Fsp3) is 0.381. The van der Waals surface area contributed by atoms with Gasteiger partial charge in [0.1, 0.15) is 32.7 Å². The number of carbonyl (C=O) groups is 1. The summed E-state index contributed by atoms with van der Waals surface area (Å²) in [6, 6.07) is 18.2. The van der Waals surface area contributed by atoms with Crippen LogP contribution < -0.4 is 15.1 Å². The van der Waals surface area contributed by atoms with E-state index >= 15 is 0 Å². The second-order valence-electron chi connectivity index (χ2n) is 7.14. The number of carbonyl (C=O) groups excluding carboxylic acids is 1. The molecule has 3 N–H and O–H groups in total. The maximum Gasteiger partial charge on any atom is 0.278 e. The van der Waals surface area contributed by atoms with Crippen LogP contribution in [0.2, 0.25) is 5.02 Å². The normalized spacial score (nSPS) is 21.2. The molecule has 1 heterocycles. The van der Waals surface area contributed by atoms with E-state index in [2.05, 4.69) is 11.4 Å². The van der Waals surface area contributed by atoms with Gasteiger partial charge in [-0.3, -0.25) is 4.79 Å². The van der Waals surface area contributed by atoms with Crippen molar-refractivity contribution >= 4 is 17.5 Å². The van der Waals surface area contributed by atoms with E-state index in [0.29, 0.717) is 6.54 Å². The molecule has 1 aliphatic heterocycles. The molecule has 2 aromatic carbocycles. The number of quaternary nitrogens is 2. The van der Waals surface area contributed by atoms with Crippen molar-refractivity contribution in [3.8, 4) is 0 Å². The monoisotopic (exact) mass is 373 g/mol. The van der Waals surface area contributed by atoms with Gasteiger partial charge in [-0.05, 0) is 24.6 Å². The van der Waals surface area contributed by atoms with Crippen LogP contribution in [0, 0.1) is 0 Å². The number of hydrogen-bond acceptors (Lipinski definition) is 1. The van der Waals surface area contributed by atoms with Crippen LogP contribution in [0.5, 0.6) is 0 Å². The molecule has 138 valence electrons. The number of amides is 1. The van der Waals surface area contributed by atoms with Crippen LogP contribution in [-0.4, -0.2) is 38.1 Å². The predicted octanol–water partition coefficient (Wildman–Crippen LogP) is 0.328. The van der Waals surface area contributed by atoms with E-state index in [0.717, 1.165) is 43.3 Å². The van der Waals surface area contributed by atoms with Gasteiger partial charge in [0.15, 0.2) is 6.04 Å². The zero-order valence-corrected chi connectivity index (χ0v) is 16.1. The van der Waals surface area contributed by atoms with Gasteiger partial charge in [-0.15, -0.1) is 0 Å². The molecule has 0 spiro atoms. The molecule has 1 atom stereocenters. The topological polar surface area (TPSA) is 38.0 Å². The Morgan fingerprint density at radius 3 is 2.42 bits per heavy atom. The Kier molecular flexibility index (Phi) is 6.67. The van der Waals surface area contributed by atoms with E-state index in [1.165, 1.54) is 10.5 Å². The van der Waals surface area contributed by atoms with Crippen molar-refractivity contribution in [1.29, 1.82) is 0 Å². The summed E-state index contributed by atoms with van der Waals surface area (Å²) in [5.74, 6) is 0.141. The third kappa shape index (κ3) is 5.31. The lowest BCUT2D eigenvalue weighted by atomic mass is 10.1. The van der Waals surface area contributed by atoms with E-state index in [9.17, 15) is 4.79 Å². The molecule has 5 heteroatoms. The minimum absolute atomic E-state index is 0.00793. The van der Waals surface area contributed by atoms with E-state index in [1.807, 2.05) is 55.5 Å². The molecule has 1 amide bonds. The van der Waals surface area contributed by atoms with E-state index in [1.54, 1.807) is 4.90 Å². The van der Waals surface area contributed by atoms with Gasteiger partial charge >= 0.3 is 0 Å². The Labute approximate surface area is 160 Å². The molecule has 0 aliphatic carbocycles. The lowest BCUT2D eigenvalue weighted by Gasteiger charge is -2.32. The summed E-state index contributed by atoms with van der Waals surface area (Å²) in [7, 11) is 0. The van der Waals surface area contributed by atoms with Gasteiger partial charge in [-0.25, -0.2) is 0 Å². The smallest absolute Gasteiger partial charge is 0.278 e. The molecule has 1 fully saturated rings. The fourth-order valence-electron chi connectivity index (χ4n) is 3.59. The first-order valence-electron chi connectivity index (χ1n) is 9.36. The molecule has 2 aromatic rings. The molecule has 0 bridgehead atoms. The standard InChI is InChI=1S/C21H26ClN3O/c1-17(21(26)23-15-18-6-3-2-4-7-18)25-12-10-24(11-13-25)16-19-8-5-9-20(22)14-19/h2-9,14,17H,10-13,15-16H2,1H3,(H,23,26)/p+2/t17-/m0/s1. The second kappa shape index (κ2) is 9.17. The highest BCUT2D eigenvalue weighted by molar-refractivity contribution is 6.30. The van der Waals surface area contributed by atoms with E-state index in [-0.39, 0.29) is 11.9 Å². The summed E-state index contributed by atoms with van der Waals surface area (Å²) in [6.45, 7) is 7.85. The van der Waals surface area contributed by atoms with Crippen LogP contribution in [0.4, 0.5) is 0 Å². The van der Waals surface area contributed by atoms with Crippen LogP contribution in [0.25, 0.3) is 0 Å². The average Bonchev–Trinajstić information content (AvgIpc) is 2.67. The van der Waals surface area contributed by atoms with Crippen LogP contribution >= 0.6 is 11.6 Å². The van der Waals surface area contributed by atoms with E-state index < -0.39 is 0 Å². The Morgan fingerprint density at radius 2 is 1.73 bits per heavy atom. The number of rotatable bonds is 6. The SMILES string of the molecule is C[C@@H](C(=O)NCc1ccccc1)[NH+]1CC[NH+](Cc2cccc(Cl)c2)CC1. The number of halogens is 1. The summed E-state index contributed by atoms with van der Waals surface area (Å²) in [5, 5.41) is 3.87. The minimum Gasteiger partial charge on any atom is -0.347 e. The molecule has 0 saturated carbocycles. The van der Waals surface area contributed by atoms with Crippen molar-refractivity contribution in [3.63, 3.8) is 0 Å². The fourth-order valence-corrected chi connectivity index (χ4v) is 3.81. The first-order chi connectivity index (χ1) is 12.6. The predicted molar refractivity (Wildman–Crippen MR) is 104 cm³/mol. The quantitative estimate of drug-likeness (QED) is 0.670. The molecule has 0 aromatic heterocycles. The summed E-state index contributed by atoms with van der Waals surface area (Å²) >= 11 is 6.08. The summed E-state index contributed by atoms with van der Waals surface area (Å²) in [6.07, 6.45) is 0. The van der Waals surface area contributed by atoms with Crippen LogP contribution in [0.15, 0.2) is 54.6 Å². The molecular formula is C21H28ClN3O+2. The molecule has 3 rings (SSSR count). The van der Waals surface area contributed by atoms with Gasteiger partial charge in [0, 0.05) is 17.1 Å². The third-order valence-electron chi connectivity index (χ3n) is 5.26. The largest absolute Gasteiger partial charge is 0.347 e. The summed E-state index contributed by atoms with van der Waals surface area (Å²) in [5.41, 5.74) is 2.42. The van der Waals surface area contributed by atoms with Gasteiger partial charge < -0.3 is 15.1 Å². The van der Waals surface area contributed by atoms with Crippen LogP contribution in [0.1, 0.15) is 18.1 Å². The first-order valence-corrected chi connectivity index (χ1v) is 9.74. The van der Waals surface area contributed by atoms with Gasteiger partial charge in [0.2, 0.25) is 0 Å². The summed E-state index contributed by atoms with van der Waals surface area (Å²) < 4.78 is 0. The van der Waals surface area contributed by atoms with Crippen molar-refractivity contribution in [2.75, 3.05) is 26.2 Å². The zero-order valence-electron chi connectivity index (χ0n) is 15.3. The Morgan fingerprint density at radius 1 is 1.04 bits per heavy atom. The molecule has 0 radical (unpaired) electrons. The Bertz CT molecular complexity index is 714. The molecule has 1 saturated heterocycles. The number of nitrogens with one attached hydrogen (secondary N) is 3. The number of hydrogen-bond donors (Lipinski definition) is 3. The minimum atomic E-state index is -0.00793. The van der Waals surface area contributed by atoms with Crippen molar-refractivity contribution in [3.05, 3.63) is 70.7 Å². The zero-order chi connectivity index (χ0) is 18.4. The van der Waals surface area contributed by atoms with Gasteiger partial charge in [-0.2, -0.15) is 0 Å². The first kappa shape index (κ1) is 18.9. The second-order valence-corrected chi connectivity index (χ2v) is 7.58. The molecule has 1 aliphatic rings. The van der Waals surface area contributed by atoms with Crippen molar-refractivity contribution in [2.24, 2.45) is 0 Å². The van der Waals surface area contributed by atoms with Crippen molar-refractivity contribution < 1.29 is 14.6 Å². The van der Waals surface area contributed by atoms with Crippen molar-refractivity contribution in [2.45, 2.75) is 26.1 Å². The number of piperazine rings is 1. The average molecular weight is 374 g/mol. The Balaban J connectivity index is 1.44. The summed E-state index contributed by atoms with van der Waals surface area (Å²) in [4.78, 5) is 15.4. The van der Waals surface area contributed by atoms with Gasteiger partial charge in [0.25, 0.3) is 5.91 Å². The van der Waals surface area contributed by atoms with Crippen molar-refractivity contribution in [1.82, 2.24) is 5.32 Å². The molecule has 0 unspecified atom stereocenters. The highest BCUT2D eigenvalue weighted by atomic mass is 35.5. The highest BCUT2D eigenvalue weighted by Crippen LogP contribution is 2.09. The van der Waals surface area contributed by atoms with Crippen LogP contribution in [-0.2, 0) is 17.9 Å². The molecule has 26 heavy (non-hydrogen) atoms. The number of benzene rings is 2. The van der Waals surface area contributed by atoms with E-state index in [4.69, 9.17) is 11.6 Å². The van der Waals surface area contributed by atoms with Gasteiger partial charge in [0.05, 0.1) is 0 Å².